The van der Waals surface area contributed by atoms with Crippen molar-refractivity contribution in [2.24, 2.45) is 0 Å². The molecule has 5 nitrogen and oxygen atoms in total. The highest BCUT2D eigenvalue weighted by Gasteiger charge is 2.17. The normalized spacial score (nSPS) is 13.3. The number of sulfonamides is 1. The molecule has 0 saturated carbocycles. The molecule has 0 bridgehead atoms. The lowest BCUT2D eigenvalue weighted by Gasteiger charge is -2.11. The predicted molar refractivity (Wildman–Crippen MR) is 77.6 cm³/mol. The number of furan rings is 1. The number of aliphatic hydroxyl groups is 1. The van der Waals surface area contributed by atoms with Gasteiger partial charge >= 0.3 is 0 Å². The Labute approximate surface area is 125 Å². The standard InChI is InChI=1S/C13H14BrNO4S/c14-11-3-1-2-4-13(11)20(17,18)15-7-5-12(16)10-6-8-19-9-10/h1-4,6,8-9,12,15-16H,5,7H2. The second-order valence-electron chi connectivity index (χ2n) is 4.19. The van der Waals surface area contributed by atoms with Crippen molar-refractivity contribution in [3.05, 3.63) is 52.9 Å². The van der Waals surface area contributed by atoms with Gasteiger partial charge in [-0.3, -0.25) is 0 Å². The van der Waals surface area contributed by atoms with E-state index >= 15 is 0 Å². The summed E-state index contributed by atoms with van der Waals surface area (Å²) in [5, 5.41) is 9.83. The van der Waals surface area contributed by atoms with Crippen LogP contribution in [-0.2, 0) is 10.0 Å². The first kappa shape index (κ1) is 15.2. The average molecular weight is 360 g/mol. The van der Waals surface area contributed by atoms with Crippen LogP contribution in [0.2, 0.25) is 0 Å². The molecule has 7 heteroatoms. The van der Waals surface area contributed by atoms with Gasteiger partial charge in [-0.05, 0) is 40.5 Å². The molecule has 1 aromatic heterocycles. The van der Waals surface area contributed by atoms with Gasteiger partial charge < -0.3 is 9.52 Å². The van der Waals surface area contributed by atoms with E-state index < -0.39 is 16.1 Å². The molecule has 20 heavy (non-hydrogen) atoms. The second-order valence-corrected chi connectivity index (χ2v) is 6.78. The molecule has 1 unspecified atom stereocenters. The lowest BCUT2D eigenvalue weighted by atomic mass is 10.1. The predicted octanol–water partition coefficient (Wildman–Crippen LogP) is 2.44. The van der Waals surface area contributed by atoms with E-state index in [0.29, 0.717) is 10.0 Å². The Balaban J connectivity index is 1.95. The lowest BCUT2D eigenvalue weighted by Crippen LogP contribution is -2.26. The molecule has 0 fully saturated rings. The maximum atomic E-state index is 12.1. The summed E-state index contributed by atoms with van der Waals surface area (Å²) >= 11 is 3.20. The fourth-order valence-electron chi connectivity index (χ4n) is 1.70. The monoisotopic (exact) mass is 359 g/mol. The minimum Gasteiger partial charge on any atom is -0.472 e. The summed E-state index contributed by atoms with van der Waals surface area (Å²) in [5.41, 5.74) is 0.630. The molecule has 0 aliphatic heterocycles. The molecule has 0 amide bonds. The van der Waals surface area contributed by atoms with Gasteiger partial charge in [0.2, 0.25) is 10.0 Å². The van der Waals surface area contributed by atoms with Crippen molar-refractivity contribution in [3.8, 4) is 0 Å². The maximum absolute atomic E-state index is 12.1. The smallest absolute Gasteiger partial charge is 0.241 e. The van der Waals surface area contributed by atoms with Crippen molar-refractivity contribution in [2.75, 3.05) is 6.54 Å². The van der Waals surface area contributed by atoms with Crippen molar-refractivity contribution >= 4 is 26.0 Å². The van der Waals surface area contributed by atoms with Crippen molar-refractivity contribution in [1.29, 1.82) is 0 Å². The summed E-state index contributed by atoms with van der Waals surface area (Å²) in [5.74, 6) is 0. The Bertz CT molecular complexity index is 655. The van der Waals surface area contributed by atoms with Crippen LogP contribution < -0.4 is 4.72 Å². The van der Waals surface area contributed by atoms with Crippen LogP contribution in [0.3, 0.4) is 0 Å². The van der Waals surface area contributed by atoms with Crippen molar-refractivity contribution < 1.29 is 17.9 Å². The number of hydrogen-bond donors (Lipinski definition) is 2. The van der Waals surface area contributed by atoms with Gasteiger partial charge in [0.1, 0.15) is 0 Å². The quantitative estimate of drug-likeness (QED) is 0.829. The minimum atomic E-state index is -3.59. The van der Waals surface area contributed by atoms with Gasteiger partial charge in [0, 0.05) is 16.6 Å². The van der Waals surface area contributed by atoms with E-state index in [1.165, 1.54) is 18.6 Å². The molecule has 108 valence electrons. The second kappa shape index (κ2) is 6.53. The molecule has 2 aromatic rings. The highest BCUT2D eigenvalue weighted by atomic mass is 79.9. The number of halogens is 1. The molecule has 1 atom stereocenters. The molecule has 1 heterocycles. The van der Waals surface area contributed by atoms with Crippen LogP contribution in [0.4, 0.5) is 0 Å². The van der Waals surface area contributed by atoms with E-state index in [1.807, 2.05) is 0 Å². The Morgan fingerprint density at radius 3 is 2.70 bits per heavy atom. The number of hydrogen-bond acceptors (Lipinski definition) is 4. The number of nitrogens with one attached hydrogen (secondary N) is 1. The molecule has 0 aliphatic rings. The van der Waals surface area contributed by atoms with Crippen LogP contribution in [0.25, 0.3) is 0 Å². The van der Waals surface area contributed by atoms with Gasteiger partial charge in [0.25, 0.3) is 0 Å². The third-order valence-electron chi connectivity index (χ3n) is 2.76. The molecule has 0 spiro atoms. The minimum absolute atomic E-state index is 0.135. The molecule has 0 aliphatic carbocycles. The zero-order chi connectivity index (χ0) is 14.6. The van der Waals surface area contributed by atoms with E-state index in [0.717, 1.165) is 0 Å². The van der Waals surface area contributed by atoms with Crippen LogP contribution in [0.1, 0.15) is 18.1 Å². The number of aliphatic hydroxyl groups excluding tert-OH is 1. The van der Waals surface area contributed by atoms with Crippen molar-refractivity contribution in [1.82, 2.24) is 4.72 Å². The van der Waals surface area contributed by atoms with Gasteiger partial charge in [-0.25, -0.2) is 13.1 Å². The SMILES string of the molecule is O=S(=O)(NCCC(O)c1ccoc1)c1ccccc1Br. The van der Waals surface area contributed by atoms with Gasteiger partial charge in [0.05, 0.1) is 23.5 Å². The van der Waals surface area contributed by atoms with Gasteiger partial charge in [-0.15, -0.1) is 0 Å². The summed E-state index contributed by atoms with van der Waals surface area (Å²) in [7, 11) is -3.59. The van der Waals surface area contributed by atoms with Gasteiger partial charge in [0.15, 0.2) is 0 Å². The van der Waals surface area contributed by atoms with Crippen LogP contribution in [0, 0.1) is 0 Å². The van der Waals surface area contributed by atoms with E-state index in [-0.39, 0.29) is 17.9 Å². The zero-order valence-electron chi connectivity index (χ0n) is 10.5. The van der Waals surface area contributed by atoms with Gasteiger partial charge in [-0.2, -0.15) is 0 Å². The zero-order valence-corrected chi connectivity index (χ0v) is 12.9. The fourth-order valence-corrected chi connectivity index (χ4v) is 3.75. The fraction of sp³-hybridized carbons (Fsp3) is 0.231. The van der Waals surface area contributed by atoms with E-state index in [9.17, 15) is 13.5 Å². The van der Waals surface area contributed by atoms with E-state index in [4.69, 9.17) is 4.42 Å². The Morgan fingerprint density at radius 2 is 2.05 bits per heavy atom. The van der Waals surface area contributed by atoms with Crippen LogP contribution in [-0.4, -0.2) is 20.1 Å². The molecule has 1 aromatic carbocycles. The lowest BCUT2D eigenvalue weighted by molar-refractivity contribution is 0.168. The summed E-state index contributed by atoms with van der Waals surface area (Å²) in [6.45, 7) is 0.135. The first-order valence-electron chi connectivity index (χ1n) is 5.95. The summed E-state index contributed by atoms with van der Waals surface area (Å²) < 4.78 is 32.0. The van der Waals surface area contributed by atoms with Crippen LogP contribution in [0.5, 0.6) is 0 Å². The first-order chi connectivity index (χ1) is 9.50. The van der Waals surface area contributed by atoms with Gasteiger partial charge in [-0.1, -0.05) is 12.1 Å². The first-order valence-corrected chi connectivity index (χ1v) is 8.22. The third kappa shape index (κ3) is 3.69. The van der Waals surface area contributed by atoms with Crippen molar-refractivity contribution in [2.45, 2.75) is 17.4 Å². The van der Waals surface area contributed by atoms with Crippen LogP contribution >= 0.6 is 15.9 Å². The van der Waals surface area contributed by atoms with E-state index in [2.05, 4.69) is 20.7 Å². The average Bonchev–Trinajstić information content (AvgIpc) is 2.92. The Morgan fingerprint density at radius 1 is 1.30 bits per heavy atom. The highest BCUT2D eigenvalue weighted by molar-refractivity contribution is 9.10. The molecule has 0 radical (unpaired) electrons. The summed E-state index contributed by atoms with van der Waals surface area (Å²) in [6, 6.07) is 8.21. The Kier molecular flexibility index (Phi) is 4.98. The molecule has 0 saturated heterocycles. The number of benzene rings is 1. The van der Waals surface area contributed by atoms with Crippen molar-refractivity contribution in [3.63, 3.8) is 0 Å². The Hall–Kier alpha value is -1.15. The summed E-state index contributed by atoms with van der Waals surface area (Å²) in [4.78, 5) is 0.179. The third-order valence-corrected chi connectivity index (χ3v) is 5.24. The van der Waals surface area contributed by atoms with E-state index in [1.54, 1.807) is 24.3 Å². The molecular formula is C13H14BrNO4S. The highest BCUT2D eigenvalue weighted by Crippen LogP contribution is 2.21. The maximum Gasteiger partial charge on any atom is 0.241 e. The molecular weight excluding hydrogens is 346 g/mol. The topological polar surface area (TPSA) is 79.5 Å². The summed E-state index contributed by atoms with van der Waals surface area (Å²) in [6.07, 6.45) is 2.41. The molecule has 2 N–H and O–H groups in total. The van der Waals surface area contributed by atoms with Crippen LogP contribution in [0.15, 0.2) is 56.6 Å². The largest absolute Gasteiger partial charge is 0.472 e. The molecule has 2 rings (SSSR count). The number of rotatable bonds is 6.